The van der Waals surface area contributed by atoms with E-state index in [-0.39, 0.29) is 11.9 Å². The molecule has 1 aliphatic rings. The Kier molecular flexibility index (Phi) is 4.02. The fourth-order valence-electron chi connectivity index (χ4n) is 1.94. The highest BCUT2D eigenvalue weighted by molar-refractivity contribution is 6.31. The van der Waals surface area contributed by atoms with Crippen molar-refractivity contribution in [2.75, 3.05) is 13.1 Å². The average Bonchev–Trinajstić information content (AvgIpc) is 2.35. The summed E-state index contributed by atoms with van der Waals surface area (Å²) in [6.07, 6.45) is 1.71. The van der Waals surface area contributed by atoms with E-state index in [4.69, 9.17) is 16.3 Å². The Morgan fingerprint density at radius 2 is 2.12 bits per heavy atom. The second-order valence-corrected chi connectivity index (χ2v) is 4.76. The van der Waals surface area contributed by atoms with Gasteiger partial charge in [0.2, 0.25) is 0 Å². The molecule has 0 saturated carbocycles. The zero-order valence-corrected chi connectivity index (χ0v) is 10.6. The minimum Gasteiger partial charge on any atom is -0.426 e. The number of halogens is 1. The van der Waals surface area contributed by atoms with E-state index in [1.165, 1.54) is 0 Å². The Morgan fingerprint density at radius 1 is 1.41 bits per heavy atom. The fraction of sp³-hybridized carbons (Fsp3) is 0.462. The van der Waals surface area contributed by atoms with Gasteiger partial charge in [0.05, 0.1) is 5.92 Å². The molecule has 0 atom stereocenters. The molecule has 1 aromatic rings. The van der Waals surface area contributed by atoms with Gasteiger partial charge in [0.1, 0.15) is 5.75 Å². The molecule has 2 rings (SSSR count). The first-order chi connectivity index (χ1) is 8.16. The van der Waals surface area contributed by atoms with Crippen LogP contribution in [0.2, 0.25) is 5.02 Å². The van der Waals surface area contributed by atoms with E-state index in [1.54, 1.807) is 18.2 Å². The number of ether oxygens (including phenoxy) is 1. The van der Waals surface area contributed by atoms with Gasteiger partial charge in [-0.2, -0.15) is 0 Å². The van der Waals surface area contributed by atoms with Gasteiger partial charge in [0, 0.05) is 5.02 Å². The SMILES string of the molecule is Cc1cc(OC(=O)C2CCNCC2)ccc1Cl. The van der Waals surface area contributed by atoms with E-state index in [2.05, 4.69) is 5.32 Å². The van der Waals surface area contributed by atoms with Gasteiger partial charge in [-0.3, -0.25) is 4.79 Å². The lowest BCUT2D eigenvalue weighted by Crippen LogP contribution is -2.33. The second-order valence-electron chi connectivity index (χ2n) is 4.36. The van der Waals surface area contributed by atoms with Crippen LogP contribution in [-0.2, 0) is 4.79 Å². The largest absolute Gasteiger partial charge is 0.426 e. The summed E-state index contributed by atoms with van der Waals surface area (Å²) >= 11 is 5.92. The lowest BCUT2D eigenvalue weighted by Gasteiger charge is -2.20. The third-order valence-electron chi connectivity index (χ3n) is 3.02. The molecule has 0 radical (unpaired) electrons. The van der Waals surface area contributed by atoms with Crippen molar-refractivity contribution in [2.24, 2.45) is 5.92 Å². The van der Waals surface area contributed by atoms with Crippen LogP contribution in [0, 0.1) is 12.8 Å². The lowest BCUT2D eigenvalue weighted by atomic mass is 9.98. The van der Waals surface area contributed by atoms with E-state index in [0.717, 1.165) is 31.5 Å². The van der Waals surface area contributed by atoms with Crippen molar-refractivity contribution < 1.29 is 9.53 Å². The summed E-state index contributed by atoms with van der Waals surface area (Å²) in [7, 11) is 0. The predicted octanol–water partition coefficient (Wildman–Crippen LogP) is 2.55. The van der Waals surface area contributed by atoms with Crippen molar-refractivity contribution in [3.63, 3.8) is 0 Å². The molecule has 1 fully saturated rings. The van der Waals surface area contributed by atoms with Crippen LogP contribution in [0.25, 0.3) is 0 Å². The Balaban J connectivity index is 1.99. The summed E-state index contributed by atoms with van der Waals surface area (Å²) in [6, 6.07) is 5.28. The van der Waals surface area contributed by atoms with E-state index in [9.17, 15) is 4.79 Å². The van der Waals surface area contributed by atoms with Crippen molar-refractivity contribution in [2.45, 2.75) is 19.8 Å². The number of nitrogens with one attached hydrogen (secondary N) is 1. The summed E-state index contributed by atoms with van der Waals surface area (Å²) in [5, 5.41) is 3.91. The van der Waals surface area contributed by atoms with Crippen LogP contribution in [0.3, 0.4) is 0 Å². The molecule has 0 spiro atoms. The molecule has 0 aliphatic carbocycles. The van der Waals surface area contributed by atoms with Crippen molar-refractivity contribution in [3.05, 3.63) is 28.8 Å². The van der Waals surface area contributed by atoms with Gasteiger partial charge in [-0.05, 0) is 56.6 Å². The molecule has 1 N–H and O–H groups in total. The molecule has 1 saturated heterocycles. The summed E-state index contributed by atoms with van der Waals surface area (Å²) < 4.78 is 5.36. The van der Waals surface area contributed by atoms with Crippen molar-refractivity contribution in [1.29, 1.82) is 0 Å². The number of benzene rings is 1. The van der Waals surface area contributed by atoms with E-state index >= 15 is 0 Å². The number of hydrogen-bond acceptors (Lipinski definition) is 3. The first-order valence-electron chi connectivity index (χ1n) is 5.85. The molecule has 4 heteroatoms. The molecule has 17 heavy (non-hydrogen) atoms. The van der Waals surface area contributed by atoms with Gasteiger partial charge in [0.15, 0.2) is 0 Å². The van der Waals surface area contributed by atoms with Gasteiger partial charge in [-0.15, -0.1) is 0 Å². The number of rotatable bonds is 2. The molecule has 92 valence electrons. The Morgan fingerprint density at radius 3 is 2.76 bits per heavy atom. The first-order valence-corrected chi connectivity index (χ1v) is 6.23. The topological polar surface area (TPSA) is 38.3 Å². The van der Waals surface area contributed by atoms with Crippen LogP contribution in [0.5, 0.6) is 5.75 Å². The molecule has 1 heterocycles. The molecule has 1 aliphatic heterocycles. The van der Waals surface area contributed by atoms with Crippen molar-refractivity contribution in [1.82, 2.24) is 5.32 Å². The van der Waals surface area contributed by atoms with Crippen molar-refractivity contribution in [3.8, 4) is 5.75 Å². The van der Waals surface area contributed by atoms with E-state index in [0.29, 0.717) is 10.8 Å². The average molecular weight is 254 g/mol. The van der Waals surface area contributed by atoms with Gasteiger partial charge >= 0.3 is 5.97 Å². The van der Waals surface area contributed by atoms with Gasteiger partial charge < -0.3 is 10.1 Å². The third-order valence-corrected chi connectivity index (χ3v) is 3.44. The predicted molar refractivity (Wildman–Crippen MR) is 67.4 cm³/mol. The standard InChI is InChI=1S/C13H16ClNO2/c1-9-8-11(2-3-12(9)14)17-13(16)10-4-6-15-7-5-10/h2-3,8,10,15H,4-7H2,1H3. The third kappa shape index (κ3) is 3.20. The monoisotopic (exact) mass is 253 g/mol. The van der Waals surface area contributed by atoms with Crippen LogP contribution in [0.1, 0.15) is 18.4 Å². The highest BCUT2D eigenvalue weighted by atomic mass is 35.5. The minimum atomic E-state index is -0.131. The summed E-state index contributed by atoms with van der Waals surface area (Å²) in [5.41, 5.74) is 0.919. The van der Waals surface area contributed by atoms with E-state index < -0.39 is 0 Å². The van der Waals surface area contributed by atoms with E-state index in [1.807, 2.05) is 6.92 Å². The Bertz CT molecular complexity index is 414. The summed E-state index contributed by atoms with van der Waals surface area (Å²) in [4.78, 5) is 11.9. The maximum absolute atomic E-state index is 11.9. The van der Waals surface area contributed by atoms with Crippen molar-refractivity contribution >= 4 is 17.6 Å². The van der Waals surface area contributed by atoms with Gasteiger partial charge in [-0.25, -0.2) is 0 Å². The van der Waals surface area contributed by atoms with Crippen LogP contribution < -0.4 is 10.1 Å². The molecular weight excluding hydrogens is 238 g/mol. The zero-order valence-electron chi connectivity index (χ0n) is 9.83. The lowest BCUT2D eigenvalue weighted by molar-refractivity contribution is -0.139. The maximum atomic E-state index is 11.9. The fourth-order valence-corrected chi connectivity index (χ4v) is 2.06. The first kappa shape index (κ1) is 12.4. The molecular formula is C13H16ClNO2. The zero-order chi connectivity index (χ0) is 12.3. The number of carbonyl (C=O) groups excluding carboxylic acids is 1. The highest BCUT2D eigenvalue weighted by Gasteiger charge is 2.22. The van der Waals surface area contributed by atoms with Gasteiger partial charge in [-0.1, -0.05) is 11.6 Å². The number of hydrogen-bond donors (Lipinski definition) is 1. The number of piperidine rings is 1. The Hall–Kier alpha value is -1.06. The smallest absolute Gasteiger partial charge is 0.314 e. The summed E-state index contributed by atoms with van der Waals surface area (Å²) in [6.45, 7) is 3.67. The maximum Gasteiger partial charge on any atom is 0.314 e. The number of aryl methyl sites for hydroxylation is 1. The Labute approximate surface area is 106 Å². The molecule has 0 aromatic heterocycles. The van der Waals surface area contributed by atoms with Crippen LogP contribution in [0.4, 0.5) is 0 Å². The van der Waals surface area contributed by atoms with Crippen LogP contribution in [0.15, 0.2) is 18.2 Å². The second kappa shape index (κ2) is 5.52. The van der Waals surface area contributed by atoms with Gasteiger partial charge in [0.25, 0.3) is 0 Å². The normalized spacial score (nSPS) is 16.8. The number of esters is 1. The molecule has 1 aromatic carbocycles. The molecule has 0 amide bonds. The highest BCUT2D eigenvalue weighted by Crippen LogP contribution is 2.23. The molecule has 0 unspecified atom stereocenters. The van der Waals surface area contributed by atoms with Crippen LogP contribution in [-0.4, -0.2) is 19.1 Å². The van der Waals surface area contributed by atoms with Crippen LogP contribution >= 0.6 is 11.6 Å². The molecule has 3 nitrogen and oxygen atoms in total. The summed E-state index contributed by atoms with van der Waals surface area (Å²) in [5.74, 6) is 0.468. The quantitative estimate of drug-likeness (QED) is 0.650. The molecule has 0 bridgehead atoms. The number of carbonyl (C=O) groups is 1. The minimum absolute atomic E-state index is 0.0206.